The maximum absolute atomic E-state index is 13.0. The molecule has 1 aliphatic heterocycles. The number of fused-ring (bicyclic) bond motifs is 3. The maximum Gasteiger partial charge on any atom is 0.312 e. The summed E-state index contributed by atoms with van der Waals surface area (Å²) in [6.07, 6.45) is -0.00429. The van der Waals surface area contributed by atoms with E-state index in [9.17, 15) is 14.7 Å². The summed E-state index contributed by atoms with van der Waals surface area (Å²) in [5.41, 5.74) is 1.64. The highest BCUT2D eigenvalue weighted by Gasteiger charge is 2.35. The van der Waals surface area contributed by atoms with E-state index in [4.69, 9.17) is 18.6 Å². The number of benzene rings is 3. The zero-order valence-corrected chi connectivity index (χ0v) is 18.0. The fourth-order valence-electron chi connectivity index (χ4n) is 4.36. The molecule has 33 heavy (non-hydrogen) atoms. The predicted octanol–water partition coefficient (Wildman–Crippen LogP) is 4.62. The predicted molar refractivity (Wildman–Crippen MR) is 121 cm³/mol. The molecule has 0 spiro atoms. The summed E-state index contributed by atoms with van der Waals surface area (Å²) in [6.45, 7) is 0. The molecule has 0 saturated carbocycles. The molecule has 1 atom stereocenters. The quantitative estimate of drug-likeness (QED) is 0.362. The first-order valence-corrected chi connectivity index (χ1v) is 10.3. The van der Waals surface area contributed by atoms with Crippen LogP contribution in [0, 0.1) is 0 Å². The Kier molecular flexibility index (Phi) is 5.01. The SMILES string of the molecule is COc1cccc([C@@H]2CC(=O)Oc3cc(O)c4c(=O)cc(-c5ccccc5)oc4c32)c1OC. The summed E-state index contributed by atoms with van der Waals surface area (Å²) < 4.78 is 22.7. The van der Waals surface area contributed by atoms with Crippen LogP contribution in [0.2, 0.25) is 0 Å². The first kappa shape index (κ1) is 20.6. The van der Waals surface area contributed by atoms with Gasteiger partial charge in [0.15, 0.2) is 16.9 Å². The van der Waals surface area contributed by atoms with Crippen molar-refractivity contribution in [3.8, 4) is 34.3 Å². The van der Waals surface area contributed by atoms with Crippen LogP contribution in [0.5, 0.6) is 23.0 Å². The van der Waals surface area contributed by atoms with Crippen molar-refractivity contribution in [2.45, 2.75) is 12.3 Å². The van der Waals surface area contributed by atoms with E-state index in [0.717, 1.165) is 0 Å². The number of phenolic OH excluding ortho intramolecular Hbond substituents is 1. The summed E-state index contributed by atoms with van der Waals surface area (Å²) >= 11 is 0. The van der Waals surface area contributed by atoms with Crippen LogP contribution in [-0.2, 0) is 4.79 Å². The number of methoxy groups -OCH3 is 2. The molecular formula is C26H20O7. The van der Waals surface area contributed by atoms with Gasteiger partial charge in [-0.2, -0.15) is 0 Å². The number of hydrogen-bond acceptors (Lipinski definition) is 7. The largest absolute Gasteiger partial charge is 0.507 e. The minimum Gasteiger partial charge on any atom is -0.507 e. The van der Waals surface area contributed by atoms with Crippen LogP contribution in [0.25, 0.3) is 22.3 Å². The molecule has 1 aliphatic rings. The molecule has 0 radical (unpaired) electrons. The Morgan fingerprint density at radius 3 is 2.48 bits per heavy atom. The second kappa shape index (κ2) is 8.02. The van der Waals surface area contributed by atoms with Crippen molar-refractivity contribution in [3.05, 3.63) is 82.0 Å². The minimum atomic E-state index is -0.552. The molecule has 166 valence electrons. The van der Waals surface area contributed by atoms with E-state index >= 15 is 0 Å². The number of carbonyl (C=O) groups is 1. The molecular weight excluding hydrogens is 424 g/mol. The third kappa shape index (κ3) is 3.38. The Labute approximate surface area is 188 Å². The van der Waals surface area contributed by atoms with Crippen molar-refractivity contribution in [3.63, 3.8) is 0 Å². The van der Waals surface area contributed by atoms with Gasteiger partial charge in [0.2, 0.25) is 0 Å². The Hall–Kier alpha value is -4.26. The van der Waals surface area contributed by atoms with E-state index in [0.29, 0.717) is 33.9 Å². The van der Waals surface area contributed by atoms with Gasteiger partial charge in [-0.3, -0.25) is 9.59 Å². The van der Waals surface area contributed by atoms with E-state index in [1.165, 1.54) is 26.4 Å². The van der Waals surface area contributed by atoms with E-state index in [1.807, 2.05) is 36.4 Å². The molecule has 0 bridgehead atoms. The Morgan fingerprint density at radius 1 is 0.970 bits per heavy atom. The van der Waals surface area contributed by atoms with Crippen LogP contribution in [0.3, 0.4) is 0 Å². The van der Waals surface area contributed by atoms with Crippen molar-refractivity contribution in [1.29, 1.82) is 0 Å². The summed E-state index contributed by atoms with van der Waals surface area (Å²) in [6, 6.07) is 17.2. The third-order valence-electron chi connectivity index (χ3n) is 5.79. The number of aromatic hydroxyl groups is 1. The van der Waals surface area contributed by atoms with Crippen molar-refractivity contribution in [2.24, 2.45) is 0 Å². The molecule has 0 aliphatic carbocycles. The highest BCUT2D eigenvalue weighted by Crippen LogP contribution is 2.49. The minimum absolute atomic E-state index is 0.00429. The molecule has 1 N–H and O–H groups in total. The zero-order valence-electron chi connectivity index (χ0n) is 18.0. The molecule has 0 unspecified atom stereocenters. The highest BCUT2D eigenvalue weighted by atomic mass is 16.5. The third-order valence-corrected chi connectivity index (χ3v) is 5.79. The van der Waals surface area contributed by atoms with E-state index in [1.54, 1.807) is 12.1 Å². The topological polar surface area (TPSA) is 95.2 Å². The monoisotopic (exact) mass is 444 g/mol. The van der Waals surface area contributed by atoms with Gasteiger partial charge in [0.05, 0.1) is 20.6 Å². The molecule has 0 amide bonds. The molecule has 0 saturated heterocycles. The molecule has 5 rings (SSSR count). The molecule has 1 aromatic heterocycles. The van der Waals surface area contributed by atoms with E-state index < -0.39 is 17.3 Å². The number of phenols is 1. The molecule has 2 heterocycles. The van der Waals surface area contributed by atoms with Crippen LogP contribution in [0.1, 0.15) is 23.5 Å². The van der Waals surface area contributed by atoms with Crippen molar-refractivity contribution in [2.75, 3.05) is 14.2 Å². The summed E-state index contributed by atoms with van der Waals surface area (Å²) in [5, 5.41) is 10.6. The van der Waals surface area contributed by atoms with Gasteiger partial charge in [-0.25, -0.2) is 0 Å². The average Bonchev–Trinajstić information content (AvgIpc) is 2.82. The van der Waals surface area contributed by atoms with Gasteiger partial charge in [-0.15, -0.1) is 0 Å². The zero-order chi connectivity index (χ0) is 23.1. The summed E-state index contributed by atoms with van der Waals surface area (Å²) in [7, 11) is 3.05. The Morgan fingerprint density at radius 2 is 1.76 bits per heavy atom. The van der Waals surface area contributed by atoms with Crippen LogP contribution in [0.4, 0.5) is 0 Å². The van der Waals surface area contributed by atoms with Gasteiger partial charge in [0.25, 0.3) is 0 Å². The lowest BCUT2D eigenvalue weighted by atomic mass is 9.84. The van der Waals surface area contributed by atoms with Gasteiger partial charge in [-0.05, 0) is 6.07 Å². The lowest BCUT2D eigenvalue weighted by Crippen LogP contribution is -2.22. The standard InChI is InChI=1S/C26H20O7/c1-30-19-10-6-9-15(25(19)31-2)16-11-22(29)32-21-13-18(28)24-17(27)12-20(33-26(24)23(16)21)14-7-4-3-5-8-14/h3-10,12-13,16,28H,11H2,1-2H3/t16-/m0/s1. The second-order valence-corrected chi connectivity index (χ2v) is 7.67. The number of esters is 1. The number of carbonyl (C=O) groups excluding carboxylic acids is 1. The van der Waals surface area contributed by atoms with Gasteiger partial charge >= 0.3 is 5.97 Å². The summed E-state index contributed by atoms with van der Waals surface area (Å²) in [5.74, 6) is 0.108. The van der Waals surface area contributed by atoms with E-state index in [-0.39, 0.29) is 28.9 Å². The van der Waals surface area contributed by atoms with Crippen LogP contribution < -0.4 is 19.6 Å². The molecule has 3 aromatic carbocycles. The lowest BCUT2D eigenvalue weighted by Gasteiger charge is -2.27. The van der Waals surface area contributed by atoms with Crippen molar-refractivity contribution >= 4 is 16.9 Å². The van der Waals surface area contributed by atoms with Gasteiger partial charge < -0.3 is 23.7 Å². The van der Waals surface area contributed by atoms with Crippen LogP contribution in [-0.4, -0.2) is 25.3 Å². The number of para-hydroxylation sites is 1. The summed E-state index contributed by atoms with van der Waals surface area (Å²) in [4.78, 5) is 25.5. The highest BCUT2D eigenvalue weighted by molar-refractivity contribution is 5.93. The van der Waals surface area contributed by atoms with Crippen LogP contribution in [0.15, 0.2) is 69.9 Å². The molecule has 0 fully saturated rings. The van der Waals surface area contributed by atoms with Crippen LogP contribution >= 0.6 is 0 Å². The fourth-order valence-corrected chi connectivity index (χ4v) is 4.36. The number of hydrogen-bond donors (Lipinski definition) is 1. The fraction of sp³-hybridized carbons (Fsp3) is 0.154. The molecule has 7 heteroatoms. The molecule has 7 nitrogen and oxygen atoms in total. The van der Waals surface area contributed by atoms with Gasteiger partial charge in [0, 0.05) is 34.7 Å². The average molecular weight is 444 g/mol. The Bertz CT molecular complexity index is 1440. The lowest BCUT2D eigenvalue weighted by molar-refractivity contribution is -0.135. The van der Waals surface area contributed by atoms with Gasteiger partial charge in [-0.1, -0.05) is 42.5 Å². The first-order chi connectivity index (χ1) is 16.0. The maximum atomic E-state index is 13.0. The van der Waals surface area contributed by atoms with Gasteiger partial charge in [0.1, 0.15) is 28.2 Å². The first-order valence-electron chi connectivity index (χ1n) is 10.3. The second-order valence-electron chi connectivity index (χ2n) is 7.67. The van der Waals surface area contributed by atoms with Crippen molar-refractivity contribution < 1.29 is 28.5 Å². The molecule has 4 aromatic rings. The number of rotatable bonds is 4. The van der Waals surface area contributed by atoms with Crippen molar-refractivity contribution in [1.82, 2.24) is 0 Å². The van der Waals surface area contributed by atoms with E-state index in [2.05, 4.69) is 0 Å². The number of ether oxygens (including phenoxy) is 3. The Balaban J connectivity index is 1.85. The normalized spacial score (nSPS) is 15.1. The smallest absolute Gasteiger partial charge is 0.312 e.